The molecular weight excluding hydrogens is 524 g/mol. The number of nitrogens with one attached hydrogen (secondary N) is 2. The average molecular weight is 559 g/mol. The summed E-state index contributed by atoms with van der Waals surface area (Å²) < 4.78 is 0. The van der Waals surface area contributed by atoms with Crippen molar-refractivity contribution in [1.82, 2.24) is 35.4 Å². The van der Waals surface area contributed by atoms with Gasteiger partial charge in [-0.25, -0.2) is 9.80 Å². The number of piperazine rings is 1. The number of hydrogen-bond acceptors (Lipinski definition) is 8. The van der Waals surface area contributed by atoms with Crippen molar-refractivity contribution in [3.8, 4) is 0 Å². The smallest absolute Gasteiger partial charge is 0.334 e. The number of aromatic nitrogens is 1. The van der Waals surface area contributed by atoms with Gasteiger partial charge in [-0.15, -0.1) is 0 Å². The van der Waals surface area contributed by atoms with Crippen LogP contribution in [0.1, 0.15) is 11.1 Å². The summed E-state index contributed by atoms with van der Waals surface area (Å²) in [6.45, 7) is 0.829. The van der Waals surface area contributed by atoms with E-state index in [1.54, 1.807) is 22.3 Å². The zero-order chi connectivity index (χ0) is 28.8. The minimum absolute atomic E-state index is 0.0618. The van der Waals surface area contributed by atoms with Crippen LogP contribution in [-0.4, -0.2) is 93.3 Å². The lowest BCUT2D eigenvalue weighted by Gasteiger charge is -2.52. The van der Waals surface area contributed by atoms with E-state index in [0.717, 1.165) is 22.0 Å². The van der Waals surface area contributed by atoms with E-state index in [0.29, 0.717) is 25.3 Å². The zero-order valence-corrected chi connectivity index (χ0v) is 22.6. The van der Waals surface area contributed by atoms with E-state index in [2.05, 4.69) is 15.6 Å². The number of pyridine rings is 1. The molecule has 1 aromatic heterocycles. The van der Waals surface area contributed by atoms with Crippen molar-refractivity contribution in [3.63, 3.8) is 0 Å². The largest absolute Gasteiger partial charge is 0.400 e. The highest BCUT2D eigenvalue weighted by Gasteiger charge is 2.46. The summed E-state index contributed by atoms with van der Waals surface area (Å²) in [6, 6.07) is 18.7. The number of amides is 4. The van der Waals surface area contributed by atoms with E-state index in [1.165, 1.54) is 9.91 Å². The number of aliphatic hydroxyl groups excluding tert-OH is 1. The Morgan fingerprint density at radius 3 is 2.68 bits per heavy atom. The number of nitrogens with two attached hydrogens (primary N) is 1. The van der Waals surface area contributed by atoms with Gasteiger partial charge < -0.3 is 31.3 Å². The van der Waals surface area contributed by atoms with E-state index < -0.39 is 12.2 Å². The lowest BCUT2D eigenvalue weighted by Crippen LogP contribution is -2.74. The number of urea groups is 1. The Labute approximate surface area is 238 Å². The molecular formula is C29H34N8O4. The van der Waals surface area contributed by atoms with Gasteiger partial charge in [-0.2, -0.15) is 5.01 Å². The van der Waals surface area contributed by atoms with E-state index >= 15 is 0 Å². The molecule has 0 radical (unpaired) electrons. The van der Waals surface area contributed by atoms with Gasteiger partial charge in [0.05, 0.1) is 31.8 Å². The SMILES string of the molecule is N/C(=C\NCCO)CN1CC(=O)N2CC(=O)N(Cc3cccc4ncccc34)CC2N1C(=O)NCc1ccccc1. The molecule has 2 aliphatic rings. The summed E-state index contributed by atoms with van der Waals surface area (Å²) in [7, 11) is 0. The molecule has 3 aromatic rings. The number of benzene rings is 2. The predicted octanol–water partition coefficient (Wildman–Crippen LogP) is 0.556. The second-order valence-electron chi connectivity index (χ2n) is 9.97. The van der Waals surface area contributed by atoms with Crippen LogP contribution in [0.25, 0.3) is 10.9 Å². The lowest BCUT2D eigenvalue weighted by atomic mass is 10.1. The zero-order valence-electron chi connectivity index (χ0n) is 22.6. The molecule has 1 unspecified atom stereocenters. The van der Waals surface area contributed by atoms with Crippen LogP contribution in [0.2, 0.25) is 0 Å². The Balaban J connectivity index is 1.41. The van der Waals surface area contributed by atoms with Gasteiger partial charge in [-0.3, -0.25) is 14.6 Å². The van der Waals surface area contributed by atoms with Crippen LogP contribution in [0, 0.1) is 0 Å². The number of carbonyl (C=O) groups excluding carboxylic acids is 3. The third-order valence-electron chi connectivity index (χ3n) is 7.13. The molecule has 2 aromatic carbocycles. The van der Waals surface area contributed by atoms with Crippen LogP contribution in [0.3, 0.4) is 0 Å². The van der Waals surface area contributed by atoms with Crippen molar-refractivity contribution >= 4 is 28.7 Å². The summed E-state index contributed by atoms with van der Waals surface area (Å²) in [6.07, 6.45) is 2.55. The molecule has 0 aliphatic carbocycles. The third kappa shape index (κ3) is 6.39. The first-order valence-corrected chi connectivity index (χ1v) is 13.5. The molecule has 0 spiro atoms. The van der Waals surface area contributed by atoms with Crippen molar-refractivity contribution in [2.75, 3.05) is 39.3 Å². The maximum atomic E-state index is 13.7. The topological polar surface area (TPSA) is 147 Å². The molecule has 0 bridgehead atoms. The quantitative estimate of drug-likeness (QED) is 0.279. The first kappa shape index (κ1) is 27.9. The molecule has 3 heterocycles. The third-order valence-corrected chi connectivity index (χ3v) is 7.13. The van der Waals surface area contributed by atoms with Gasteiger partial charge in [0.2, 0.25) is 11.8 Å². The Hall–Kier alpha value is -4.68. The first-order valence-electron chi connectivity index (χ1n) is 13.5. The molecule has 12 nitrogen and oxygen atoms in total. The van der Waals surface area contributed by atoms with Crippen molar-refractivity contribution in [2.45, 2.75) is 19.3 Å². The van der Waals surface area contributed by atoms with Crippen molar-refractivity contribution in [2.24, 2.45) is 5.73 Å². The summed E-state index contributed by atoms with van der Waals surface area (Å²) in [4.78, 5) is 47.8. The standard InChI is InChI=1S/C29H34N8O4/c30-23(15-31-12-13-38)17-35-19-28(40)36-20-27(39)34(16-22-8-4-10-25-24(22)9-5-11-32-25)18-26(36)37(35)29(41)33-14-21-6-2-1-3-7-21/h1-11,15,26,31,38H,12-14,16-20,30H2,(H,33,41)/b23-15-. The van der Waals surface area contributed by atoms with Gasteiger partial charge in [0.1, 0.15) is 12.7 Å². The van der Waals surface area contributed by atoms with Crippen LogP contribution in [-0.2, 0) is 22.7 Å². The molecule has 214 valence electrons. The van der Waals surface area contributed by atoms with Gasteiger partial charge in [-0.1, -0.05) is 48.5 Å². The van der Waals surface area contributed by atoms with E-state index in [9.17, 15) is 14.4 Å². The van der Waals surface area contributed by atoms with Crippen molar-refractivity contribution < 1.29 is 19.5 Å². The highest BCUT2D eigenvalue weighted by Crippen LogP contribution is 2.26. The van der Waals surface area contributed by atoms with Crippen molar-refractivity contribution in [1.29, 1.82) is 0 Å². The molecule has 2 saturated heterocycles. The van der Waals surface area contributed by atoms with E-state index in [4.69, 9.17) is 10.8 Å². The molecule has 12 heteroatoms. The Kier molecular flexibility index (Phi) is 8.61. The summed E-state index contributed by atoms with van der Waals surface area (Å²) in [5.74, 6) is -0.457. The summed E-state index contributed by atoms with van der Waals surface area (Å²) in [5, 5.41) is 19.0. The fourth-order valence-electron chi connectivity index (χ4n) is 5.16. The molecule has 5 N–H and O–H groups in total. The molecule has 2 fully saturated rings. The second-order valence-corrected chi connectivity index (χ2v) is 9.97. The van der Waals surface area contributed by atoms with Crippen LogP contribution >= 0.6 is 0 Å². The minimum Gasteiger partial charge on any atom is -0.400 e. The number of carbonyl (C=O) groups is 3. The second kappa shape index (κ2) is 12.7. The maximum absolute atomic E-state index is 13.7. The van der Waals surface area contributed by atoms with Gasteiger partial charge in [0.15, 0.2) is 0 Å². The summed E-state index contributed by atoms with van der Waals surface area (Å²) in [5.41, 5.74) is 9.28. The fraction of sp³-hybridized carbons (Fsp3) is 0.310. The maximum Gasteiger partial charge on any atom is 0.334 e. The van der Waals surface area contributed by atoms with E-state index in [1.807, 2.05) is 60.7 Å². The van der Waals surface area contributed by atoms with Crippen LogP contribution in [0.15, 0.2) is 78.8 Å². The van der Waals surface area contributed by atoms with Crippen LogP contribution in [0.4, 0.5) is 4.79 Å². The molecule has 1 atom stereocenters. The molecule has 5 rings (SSSR count). The number of rotatable bonds is 9. The van der Waals surface area contributed by atoms with Crippen molar-refractivity contribution in [3.05, 3.63) is 89.9 Å². The molecule has 41 heavy (non-hydrogen) atoms. The van der Waals surface area contributed by atoms with Gasteiger partial charge in [0, 0.05) is 43.1 Å². The molecule has 4 amide bonds. The predicted molar refractivity (Wildman–Crippen MR) is 152 cm³/mol. The number of hydrazine groups is 1. The monoisotopic (exact) mass is 558 g/mol. The number of hydrogen-bond donors (Lipinski definition) is 4. The first-order chi connectivity index (χ1) is 19.9. The average Bonchev–Trinajstić information content (AvgIpc) is 2.98. The number of aliphatic hydroxyl groups is 1. The van der Waals surface area contributed by atoms with Gasteiger partial charge >= 0.3 is 6.03 Å². The Bertz CT molecular complexity index is 1430. The Morgan fingerprint density at radius 1 is 1.05 bits per heavy atom. The van der Waals surface area contributed by atoms with Gasteiger partial charge in [0.25, 0.3) is 0 Å². The van der Waals surface area contributed by atoms with E-state index in [-0.39, 0.29) is 44.6 Å². The van der Waals surface area contributed by atoms with Crippen LogP contribution < -0.4 is 16.4 Å². The van der Waals surface area contributed by atoms with Gasteiger partial charge in [-0.05, 0) is 23.3 Å². The fourth-order valence-corrected chi connectivity index (χ4v) is 5.16. The molecule has 2 aliphatic heterocycles. The lowest BCUT2D eigenvalue weighted by molar-refractivity contribution is -0.181. The number of nitrogens with zero attached hydrogens (tertiary/aromatic N) is 5. The molecule has 0 saturated carbocycles. The van der Waals surface area contributed by atoms with Crippen LogP contribution in [0.5, 0.6) is 0 Å². The number of fused-ring (bicyclic) bond motifs is 2. The normalized spacial score (nSPS) is 18.0. The minimum atomic E-state index is -0.726. The highest BCUT2D eigenvalue weighted by molar-refractivity contribution is 5.89. The summed E-state index contributed by atoms with van der Waals surface area (Å²) >= 11 is 0. The Morgan fingerprint density at radius 2 is 1.88 bits per heavy atom. The highest BCUT2D eigenvalue weighted by atomic mass is 16.3.